The minimum atomic E-state index is 0.545. The Morgan fingerprint density at radius 3 is 2.88 bits per heavy atom. The van der Waals surface area contributed by atoms with Gasteiger partial charge in [-0.3, -0.25) is 0 Å². The molecule has 1 fully saturated rings. The van der Waals surface area contributed by atoms with Crippen LogP contribution in [0.4, 0.5) is 0 Å². The first-order valence-electron chi connectivity index (χ1n) is 6.12. The van der Waals surface area contributed by atoms with E-state index in [-0.39, 0.29) is 0 Å². The van der Waals surface area contributed by atoms with Gasteiger partial charge in [0.15, 0.2) is 0 Å². The molecule has 0 saturated heterocycles. The Morgan fingerprint density at radius 2 is 2.25 bits per heavy atom. The molecule has 2 nitrogen and oxygen atoms in total. The van der Waals surface area contributed by atoms with Gasteiger partial charge in [-0.25, -0.2) is 0 Å². The molecule has 1 aromatic carbocycles. The third-order valence-corrected chi connectivity index (χ3v) is 4.21. The van der Waals surface area contributed by atoms with Gasteiger partial charge < -0.3 is 10.1 Å². The molecule has 1 unspecified atom stereocenters. The fraction of sp³-hybridized carbons (Fsp3) is 0.571. The molecule has 1 atom stereocenters. The molecule has 1 aromatic rings. The normalized spacial score (nSPS) is 24.5. The summed E-state index contributed by atoms with van der Waals surface area (Å²) in [5.41, 5.74) is 3.66. The van der Waals surface area contributed by atoms with Crippen LogP contribution >= 0.6 is 0 Å². The van der Waals surface area contributed by atoms with E-state index < -0.39 is 0 Å². The summed E-state index contributed by atoms with van der Waals surface area (Å²) >= 11 is 0. The van der Waals surface area contributed by atoms with Crippen molar-refractivity contribution in [2.24, 2.45) is 0 Å². The molecule has 0 bridgehead atoms. The van der Waals surface area contributed by atoms with Gasteiger partial charge in [0, 0.05) is 6.54 Å². The third kappa shape index (κ3) is 1.36. The van der Waals surface area contributed by atoms with E-state index in [0.29, 0.717) is 11.3 Å². The highest BCUT2D eigenvalue weighted by Gasteiger charge is 2.51. The van der Waals surface area contributed by atoms with Crippen LogP contribution in [0.15, 0.2) is 18.2 Å². The van der Waals surface area contributed by atoms with Crippen molar-refractivity contribution in [2.45, 2.75) is 30.6 Å². The molecular formula is C14H19NO. The zero-order valence-corrected chi connectivity index (χ0v) is 10.0. The van der Waals surface area contributed by atoms with Gasteiger partial charge in [0.25, 0.3) is 0 Å². The summed E-state index contributed by atoms with van der Waals surface area (Å²) in [6, 6.07) is 6.64. The molecule has 3 rings (SSSR count). The second-order valence-corrected chi connectivity index (χ2v) is 5.19. The number of hydrogen-bond acceptors (Lipinski definition) is 2. The number of nitrogens with one attached hydrogen (secondary N) is 1. The number of fused-ring (bicyclic) bond motifs is 2. The van der Waals surface area contributed by atoms with Crippen LogP contribution in [0.25, 0.3) is 0 Å². The lowest BCUT2D eigenvalue weighted by Gasteiger charge is -2.11. The summed E-state index contributed by atoms with van der Waals surface area (Å²) in [6.07, 6.45) is 4.09. The van der Waals surface area contributed by atoms with Crippen LogP contribution in [0.3, 0.4) is 0 Å². The van der Waals surface area contributed by atoms with E-state index in [9.17, 15) is 0 Å². The first kappa shape index (κ1) is 10.2. The van der Waals surface area contributed by atoms with E-state index >= 15 is 0 Å². The smallest absolute Gasteiger partial charge is 0.119 e. The van der Waals surface area contributed by atoms with Crippen LogP contribution in [0.2, 0.25) is 0 Å². The molecule has 2 aliphatic rings. The Labute approximate surface area is 97.0 Å². The predicted molar refractivity (Wildman–Crippen MR) is 65.2 cm³/mol. The van der Waals surface area contributed by atoms with Crippen molar-refractivity contribution in [2.75, 3.05) is 20.7 Å². The summed E-state index contributed by atoms with van der Waals surface area (Å²) in [7, 11) is 3.79. The molecule has 2 aliphatic carbocycles. The first-order chi connectivity index (χ1) is 7.79. The molecule has 0 aromatic heterocycles. The number of ether oxygens (including phenoxy) is 1. The number of benzene rings is 1. The summed E-state index contributed by atoms with van der Waals surface area (Å²) in [5.74, 6) is 1.68. The van der Waals surface area contributed by atoms with Crippen molar-refractivity contribution in [1.82, 2.24) is 5.32 Å². The molecule has 86 valence electrons. The Morgan fingerprint density at radius 1 is 1.44 bits per heavy atom. The van der Waals surface area contributed by atoms with Crippen LogP contribution < -0.4 is 10.1 Å². The minimum absolute atomic E-state index is 0.545. The number of rotatable bonds is 3. The van der Waals surface area contributed by atoms with Gasteiger partial charge in [-0.1, -0.05) is 6.07 Å². The monoisotopic (exact) mass is 217 g/mol. The molecule has 1 N–H and O–H groups in total. The fourth-order valence-electron chi connectivity index (χ4n) is 3.23. The van der Waals surface area contributed by atoms with Crippen molar-refractivity contribution >= 4 is 0 Å². The van der Waals surface area contributed by atoms with Crippen LogP contribution in [-0.2, 0) is 5.41 Å². The maximum atomic E-state index is 5.33. The summed E-state index contributed by atoms with van der Waals surface area (Å²) < 4.78 is 5.33. The molecule has 2 heteroatoms. The first-order valence-corrected chi connectivity index (χ1v) is 6.12. The van der Waals surface area contributed by atoms with Gasteiger partial charge in [-0.15, -0.1) is 0 Å². The third-order valence-electron chi connectivity index (χ3n) is 4.21. The highest BCUT2D eigenvalue weighted by atomic mass is 16.5. The van der Waals surface area contributed by atoms with Crippen LogP contribution in [0, 0.1) is 0 Å². The lowest BCUT2D eigenvalue weighted by atomic mass is 9.98. The number of methoxy groups -OCH3 is 1. The highest BCUT2D eigenvalue weighted by Crippen LogP contribution is 2.60. The van der Waals surface area contributed by atoms with Crippen LogP contribution in [-0.4, -0.2) is 20.7 Å². The van der Waals surface area contributed by atoms with Gasteiger partial charge in [0.05, 0.1) is 7.11 Å². The van der Waals surface area contributed by atoms with E-state index in [2.05, 4.69) is 23.5 Å². The molecule has 0 amide bonds. The zero-order valence-electron chi connectivity index (χ0n) is 10.0. The lowest BCUT2D eigenvalue weighted by Crippen LogP contribution is -2.15. The topological polar surface area (TPSA) is 21.3 Å². The van der Waals surface area contributed by atoms with Crippen LogP contribution in [0.1, 0.15) is 36.3 Å². The Balaban J connectivity index is 2.01. The van der Waals surface area contributed by atoms with Gasteiger partial charge in [0.2, 0.25) is 0 Å². The average Bonchev–Trinajstić information content (AvgIpc) is 3.01. The maximum absolute atomic E-state index is 5.33. The standard InChI is InChI=1S/C14H19NO/c1-15-9-10-8-14(5-6-14)13-4-3-11(16-2)7-12(10)13/h3-4,7,10,15H,5-6,8-9H2,1-2H3. The van der Waals surface area contributed by atoms with E-state index in [4.69, 9.17) is 4.74 Å². The van der Waals surface area contributed by atoms with E-state index in [0.717, 1.165) is 12.3 Å². The maximum Gasteiger partial charge on any atom is 0.119 e. The molecule has 0 heterocycles. The van der Waals surface area contributed by atoms with Gasteiger partial charge in [0.1, 0.15) is 5.75 Å². The predicted octanol–water partition coefficient (Wildman–Crippen LogP) is 2.43. The molecule has 0 aliphatic heterocycles. The summed E-state index contributed by atoms with van der Waals surface area (Å²) in [4.78, 5) is 0. The highest BCUT2D eigenvalue weighted by molar-refractivity contribution is 5.49. The number of likely N-dealkylation sites (N-methyl/N-ethyl adjacent to an activating group) is 1. The van der Waals surface area contributed by atoms with E-state index in [1.54, 1.807) is 12.7 Å². The quantitative estimate of drug-likeness (QED) is 0.839. The zero-order chi connectivity index (χ0) is 11.2. The summed E-state index contributed by atoms with van der Waals surface area (Å²) in [5, 5.41) is 3.31. The van der Waals surface area contributed by atoms with Gasteiger partial charge in [-0.2, -0.15) is 0 Å². The van der Waals surface area contributed by atoms with Gasteiger partial charge >= 0.3 is 0 Å². The molecular weight excluding hydrogens is 198 g/mol. The Kier molecular flexibility index (Phi) is 2.21. The van der Waals surface area contributed by atoms with Crippen molar-refractivity contribution < 1.29 is 4.74 Å². The van der Waals surface area contributed by atoms with Crippen molar-refractivity contribution in [3.63, 3.8) is 0 Å². The van der Waals surface area contributed by atoms with Crippen molar-refractivity contribution in [1.29, 1.82) is 0 Å². The molecule has 0 radical (unpaired) electrons. The van der Waals surface area contributed by atoms with Crippen molar-refractivity contribution in [3.05, 3.63) is 29.3 Å². The largest absolute Gasteiger partial charge is 0.497 e. The minimum Gasteiger partial charge on any atom is -0.497 e. The fourth-order valence-corrected chi connectivity index (χ4v) is 3.23. The van der Waals surface area contributed by atoms with E-state index in [1.807, 2.05) is 7.05 Å². The van der Waals surface area contributed by atoms with Crippen LogP contribution in [0.5, 0.6) is 5.75 Å². The van der Waals surface area contributed by atoms with Gasteiger partial charge in [-0.05, 0) is 60.9 Å². The molecule has 16 heavy (non-hydrogen) atoms. The Bertz CT molecular complexity index is 409. The average molecular weight is 217 g/mol. The molecule has 1 spiro atoms. The van der Waals surface area contributed by atoms with Crippen molar-refractivity contribution in [3.8, 4) is 5.75 Å². The Hall–Kier alpha value is -1.02. The molecule has 1 saturated carbocycles. The second kappa shape index (κ2) is 3.49. The number of hydrogen-bond donors (Lipinski definition) is 1. The SMILES string of the molecule is CNCC1CC2(CC2)c2ccc(OC)cc21. The van der Waals surface area contributed by atoms with E-state index in [1.165, 1.54) is 24.8 Å². The summed E-state index contributed by atoms with van der Waals surface area (Å²) in [6.45, 7) is 1.09. The second-order valence-electron chi connectivity index (χ2n) is 5.19. The lowest BCUT2D eigenvalue weighted by molar-refractivity contribution is 0.414.